The minimum atomic E-state index is -0.156. The number of nitrogens with one attached hydrogen (secondary N) is 1. The second-order valence-electron chi connectivity index (χ2n) is 6.03. The molecular formula is C16H21N5O2S. The van der Waals surface area contributed by atoms with Gasteiger partial charge in [0.05, 0.1) is 6.33 Å². The van der Waals surface area contributed by atoms with Crippen molar-refractivity contribution in [2.24, 2.45) is 0 Å². The molecule has 0 atom stereocenters. The SMILES string of the molecule is Cc1ncn(CC(=O)NC2CCN(c3nccs3)CC2)c(=O)c1C. The van der Waals surface area contributed by atoms with Crippen LogP contribution in [0.25, 0.3) is 0 Å². The zero-order valence-electron chi connectivity index (χ0n) is 13.9. The fourth-order valence-corrected chi connectivity index (χ4v) is 3.50. The monoisotopic (exact) mass is 347 g/mol. The average Bonchev–Trinajstić information content (AvgIpc) is 3.11. The maximum absolute atomic E-state index is 12.2. The second-order valence-corrected chi connectivity index (χ2v) is 6.90. The Morgan fingerprint density at radius 3 is 2.75 bits per heavy atom. The Bertz CT molecular complexity index is 763. The van der Waals surface area contributed by atoms with Gasteiger partial charge in [-0.1, -0.05) is 0 Å². The molecule has 1 aliphatic rings. The van der Waals surface area contributed by atoms with Gasteiger partial charge in [0.15, 0.2) is 5.13 Å². The quantitative estimate of drug-likeness (QED) is 0.896. The largest absolute Gasteiger partial charge is 0.352 e. The van der Waals surface area contributed by atoms with E-state index in [1.54, 1.807) is 25.2 Å². The molecule has 1 N–H and O–H groups in total. The van der Waals surface area contributed by atoms with Gasteiger partial charge in [0.2, 0.25) is 5.91 Å². The standard InChI is InChI=1S/C16H21N5O2S/c1-11-12(2)18-10-21(15(11)23)9-14(22)19-13-3-6-20(7-4-13)16-17-5-8-24-16/h5,8,10,13H,3-4,6-7,9H2,1-2H3,(H,19,22). The van der Waals surface area contributed by atoms with Crippen molar-refractivity contribution in [2.45, 2.75) is 39.3 Å². The Kier molecular flexibility index (Phi) is 4.94. The van der Waals surface area contributed by atoms with E-state index >= 15 is 0 Å². The van der Waals surface area contributed by atoms with E-state index in [-0.39, 0.29) is 24.1 Å². The normalized spacial score (nSPS) is 15.5. The molecule has 24 heavy (non-hydrogen) atoms. The first-order valence-corrected chi connectivity index (χ1v) is 8.89. The lowest BCUT2D eigenvalue weighted by atomic mass is 10.1. The topological polar surface area (TPSA) is 80.1 Å². The number of carbonyl (C=O) groups is 1. The molecule has 0 saturated carbocycles. The number of aromatic nitrogens is 3. The third-order valence-electron chi connectivity index (χ3n) is 4.38. The Morgan fingerprint density at radius 2 is 2.08 bits per heavy atom. The molecule has 0 spiro atoms. The van der Waals surface area contributed by atoms with Crippen molar-refractivity contribution in [2.75, 3.05) is 18.0 Å². The Labute approximate surface area is 144 Å². The van der Waals surface area contributed by atoms with Gasteiger partial charge in [-0.05, 0) is 26.7 Å². The van der Waals surface area contributed by atoms with Crippen LogP contribution in [0.4, 0.5) is 5.13 Å². The molecule has 1 amide bonds. The second kappa shape index (κ2) is 7.12. The van der Waals surface area contributed by atoms with Crippen LogP contribution in [0.15, 0.2) is 22.7 Å². The van der Waals surface area contributed by atoms with E-state index in [1.807, 2.05) is 11.6 Å². The van der Waals surface area contributed by atoms with Crippen LogP contribution in [0.1, 0.15) is 24.1 Å². The fourth-order valence-electron chi connectivity index (χ4n) is 2.80. The van der Waals surface area contributed by atoms with Gasteiger partial charge < -0.3 is 10.2 Å². The summed E-state index contributed by atoms with van der Waals surface area (Å²) in [6.45, 7) is 5.29. The lowest BCUT2D eigenvalue weighted by Gasteiger charge is -2.32. The van der Waals surface area contributed by atoms with Crippen molar-refractivity contribution in [3.05, 3.63) is 39.5 Å². The van der Waals surface area contributed by atoms with Crippen LogP contribution >= 0.6 is 11.3 Å². The number of hydrogen-bond acceptors (Lipinski definition) is 6. The highest BCUT2D eigenvalue weighted by molar-refractivity contribution is 7.13. The fraction of sp³-hybridized carbons (Fsp3) is 0.500. The Morgan fingerprint density at radius 1 is 1.33 bits per heavy atom. The van der Waals surface area contributed by atoms with E-state index in [9.17, 15) is 9.59 Å². The summed E-state index contributed by atoms with van der Waals surface area (Å²) in [5.41, 5.74) is 1.13. The van der Waals surface area contributed by atoms with Gasteiger partial charge in [0, 0.05) is 42.0 Å². The van der Waals surface area contributed by atoms with Crippen LogP contribution in [-0.4, -0.2) is 39.6 Å². The van der Waals surface area contributed by atoms with Crippen molar-refractivity contribution in [3.63, 3.8) is 0 Å². The highest BCUT2D eigenvalue weighted by Gasteiger charge is 2.22. The van der Waals surface area contributed by atoms with Crippen LogP contribution < -0.4 is 15.8 Å². The number of amides is 1. The molecule has 0 bridgehead atoms. The summed E-state index contributed by atoms with van der Waals surface area (Å²) in [6.07, 6.45) is 5.01. The summed E-state index contributed by atoms with van der Waals surface area (Å²) in [6, 6.07) is 0.143. The molecule has 1 fully saturated rings. The van der Waals surface area contributed by atoms with Gasteiger partial charge in [-0.25, -0.2) is 9.97 Å². The lowest BCUT2D eigenvalue weighted by molar-refractivity contribution is -0.122. The first-order valence-electron chi connectivity index (χ1n) is 8.01. The van der Waals surface area contributed by atoms with Gasteiger partial charge in [0.1, 0.15) is 6.54 Å². The highest BCUT2D eigenvalue weighted by Crippen LogP contribution is 2.21. The predicted octanol–water partition coefficient (Wildman–Crippen LogP) is 1.10. The summed E-state index contributed by atoms with van der Waals surface area (Å²) in [5, 5.41) is 6.03. The van der Waals surface area contributed by atoms with Gasteiger partial charge in [-0.15, -0.1) is 11.3 Å². The van der Waals surface area contributed by atoms with Gasteiger partial charge in [-0.3, -0.25) is 14.2 Å². The van der Waals surface area contributed by atoms with Crippen molar-refractivity contribution < 1.29 is 4.79 Å². The molecule has 0 aliphatic carbocycles. The third-order valence-corrected chi connectivity index (χ3v) is 5.21. The van der Waals surface area contributed by atoms with Gasteiger partial charge >= 0.3 is 0 Å². The molecular weight excluding hydrogens is 326 g/mol. The maximum Gasteiger partial charge on any atom is 0.256 e. The predicted molar refractivity (Wildman–Crippen MR) is 93.5 cm³/mol. The Balaban J connectivity index is 1.53. The summed E-state index contributed by atoms with van der Waals surface area (Å²) in [7, 11) is 0. The van der Waals surface area contributed by atoms with E-state index in [0.717, 1.165) is 31.1 Å². The minimum absolute atomic E-state index is 0.0135. The zero-order chi connectivity index (χ0) is 17.1. The van der Waals surface area contributed by atoms with Crippen molar-refractivity contribution in [1.82, 2.24) is 19.9 Å². The highest BCUT2D eigenvalue weighted by atomic mass is 32.1. The van der Waals surface area contributed by atoms with E-state index in [2.05, 4.69) is 20.2 Å². The summed E-state index contributed by atoms with van der Waals surface area (Å²) >= 11 is 1.63. The summed E-state index contributed by atoms with van der Waals surface area (Å²) < 4.78 is 1.36. The number of hydrogen-bond donors (Lipinski definition) is 1. The number of rotatable bonds is 4. The lowest BCUT2D eigenvalue weighted by Crippen LogP contribution is -2.46. The number of aryl methyl sites for hydroxylation is 1. The van der Waals surface area contributed by atoms with E-state index < -0.39 is 0 Å². The van der Waals surface area contributed by atoms with Crippen LogP contribution in [0.3, 0.4) is 0 Å². The zero-order valence-corrected chi connectivity index (χ0v) is 14.7. The molecule has 0 aromatic carbocycles. The van der Waals surface area contributed by atoms with Gasteiger partial charge in [0.25, 0.3) is 5.56 Å². The third kappa shape index (κ3) is 3.64. The number of piperidine rings is 1. The molecule has 0 unspecified atom stereocenters. The van der Waals surface area contributed by atoms with Gasteiger partial charge in [-0.2, -0.15) is 0 Å². The maximum atomic E-state index is 12.2. The van der Waals surface area contributed by atoms with Crippen LogP contribution in [0.2, 0.25) is 0 Å². The van der Waals surface area contributed by atoms with Crippen LogP contribution in [-0.2, 0) is 11.3 Å². The first kappa shape index (κ1) is 16.6. The number of thiazole rings is 1. The molecule has 7 nitrogen and oxygen atoms in total. The number of anilines is 1. The van der Waals surface area contributed by atoms with Crippen molar-refractivity contribution >= 4 is 22.4 Å². The Hall–Kier alpha value is -2.22. The van der Waals surface area contributed by atoms with Crippen molar-refractivity contribution in [3.8, 4) is 0 Å². The summed E-state index contributed by atoms with van der Waals surface area (Å²) in [5.74, 6) is -0.144. The molecule has 1 aliphatic heterocycles. The minimum Gasteiger partial charge on any atom is -0.352 e. The molecule has 3 heterocycles. The van der Waals surface area contributed by atoms with Crippen LogP contribution in [0.5, 0.6) is 0 Å². The first-order chi connectivity index (χ1) is 11.5. The van der Waals surface area contributed by atoms with Crippen molar-refractivity contribution in [1.29, 1.82) is 0 Å². The number of carbonyl (C=O) groups excluding carboxylic acids is 1. The summed E-state index contributed by atoms with van der Waals surface area (Å²) in [4.78, 5) is 35.0. The molecule has 8 heteroatoms. The van der Waals surface area contributed by atoms with Crippen LogP contribution in [0, 0.1) is 13.8 Å². The molecule has 128 valence electrons. The average molecular weight is 347 g/mol. The van der Waals surface area contributed by atoms with E-state index in [0.29, 0.717) is 11.3 Å². The molecule has 0 radical (unpaired) electrons. The smallest absolute Gasteiger partial charge is 0.256 e. The van der Waals surface area contributed by atoms with E-state index in [4.69, 9.17) is 0 Å². The molecule has 2 aromatic heterocycles. The molecule has 2 aromatic rings. The molecule has 1 saturated heterocycles. The molecule has 3 rings (SSSR count). The van der Waals surface area contributed by atoms with E-state index in [1.165, 1.54) is 10.9 Å². The number of nitrogens with zero attached hydrogens (tertiary/aromatic N) is 4.